The summed E-state index contributed by atoms with van der Waals surface area (Å²) in [5.41, 5.74) is 14.9. The lowest BCUT2D eigenvalue weighted by molar-refractivity contribution is 1.11. The topological polar surface area (TPSA) is 500 Å². The van der Waals surface area contributed by atoms with Crippen LogP contribution in [0.15, 0.2) is 243 Å². The van der Waals surface area contributed by atoms with Gasteiger partial charge in [-0.2, -0.15) is 42.1 Å². The highest BCUT2D eigenvalue weighted by Gasteiger charge is 2.24. The van der Waals surface area contributed by atoms with Crippen LogP contribution in [0, 0.1) is 90.6 Å². The van der Waals surface area contributed by atoms with E-state index in [1.807, 2.05) is 291 Å². The molecule has 32 nitrogen and oxygen atoms in total. The van der Waals surface area contributed by atoms with E-state index in [2.05, 4.69) is 79.7 Å². The maximum absolute atomic E-state index is 9.20. The van der Waals surface area contributed by atoms with E-state index < -0.39 is 0 Å². The largest absolute Gasteiger partial charge is 0.223 e. The van der Waals surface area contributed by atoms with E-state index in [1.54, 1.807) is 0 Å². The van der Waals surface area contributed by atoms with Crippen LogP contribution in [0.4, 0.5) is 0 Å². The predicted molar refractivity (Wildman–Crippen MR) is 434 cm³/mol. The quantitative estimate of drug-likeness (QED) is 0.127. The lowest BCUT2D eigenvalue weighted by Crippen LogP contribution is -2.03. The average Bonchev–Trinajstić information content (AvgIpc) is 0.774. The first-order valence-corrected chi connectivity index (χ1v) is 35.8. The summed E-state index contributed by atoms with van der Waals surface area (Å²) in [6.45, 7) is 0. The minimum absolute atomic E-state index is 0.101. The van der Waals surface area contributed by atoms with Gasteiger partial charge in [-0.3, -0.25) is 0 Å². The lowest BCUT2D eigenvalue weighted by Gasteiger charge is -2.10. The molecule has 20 rings (SSSR count). The Hall–Kier alpha value is -19.3. The number of hydrogen-bond donors (Lipinski definition) is 0. The molecule has 20 aromatic rings. The highest BCUT2D eigenvalue weighted by atomic mass is 15.1. The summed E-state index contributed by atoms with van der Waals surface area (Å²) in [6, 6.07) is 92.3. The van der Waals surface area contributed by atoms with Gasteiger partial charge in [0.05, 0.1) is 45.6 Å². The molecule has 0 fully saturated rings. The van der Waals surface area contributed by atoms with Crippen molar-refractivity contribution < 1.29 is 0 Å². The number of aromatic nitrogens is 24. The summed E-state index contributed by atoms with van der Waals surface area (Å²) in [6.07, 6.45) is 0. The van der Waals surface area contributed by atoms with Crippen LogP contribution in [-0.4, -0.2) is 120 Å². The van der Waals surface area contributed by atoms with E-state index in [1.165, 1.54) is 0 Å². The molecule has 0 aliphatic rings. The van der Waals surface area contributed by atoms with Crippen LogP contribution in [0.3, 0.4) is 0 Å². The average molecular weight is 1550 g/mol. The second-order valence-electron chi connectivity index (χ2n) is 25.3. The van der Waals surface area contributed by atoms with Crippen LogP contribution in [0.2, 0.25) is 0 Å². The zero-order valence-electron chi connectivity index (χ0n) is 61.4. The van der Waals surface area contributed by atoms with Gasteiger partial charge >= 0.3 is 0 Å². The van der Waals surface area contributed by atoms with Gasteiger partial charge in [0, 0.05) is 44.5 Å². The molecule has 0 saturated carbocycles. The monoisotopic (exact) mass is 1540 g/mol. The Bertz CT molecular complexity index is 6470. The van der Waals surface area contributed by atoms with Crippen LogP contribution < -0.4 is 0 Å². The van der Waals surface area contributed by atoms with Crippen LogP contribution in [-0.2, 0) is 0 Å². The Morgan fingerprint density at radius 2 is 0.208 bits per heavy atom. The summed E-state index contributed by atoms with van der Waals surface area (Å²) < 4.78 is 0. The first kappa shape index (κ1) is 73.5. The van der Waals surface area contributed by atoms with Crippen molar-refractivity contribution in [2.45, 2.75) is 0 Å². The van der Waals surface area contributed by atoms with Crippen molar-refractivity contribution in [3.63, 3.8) is 0 Å². The molecular weight excluding hydrogens is 1510 g/mol. The van der Waals surface area contributed by atoms with Crippen LogP contribution in [0.5, 0.6) is 0 Å². The maximum atomic E-state index is 9.20. The summed E-state index contributed by atoms with van der Waals surface area (Å²) >= 11 is 0. The minimum Gasteiger partial charge on any atom is -0.223 e. The fraction of sp³-hybridized carbons (Fsp3) is 0. The molecule has 0 saturated heterocycles. The van der Waals surface area contributed by atoms with Crippen molar-refractivity contribution in [3.05, 3.63) is 288 Å². The fourth-order valence-corrected chi connectivity index (χ4v) is 12.3. The Morgan fingerprint density at radius 3 is 0.300 bits per heavy atom. The van der Waals surface area contributed by atoms with E-state index >= 15 is 0 Å². The molecule has 0 atom stereocenters. The molecule has 0 spiro atoms. The molecule has 0 bridgehead atoms. The van der Waals surface area contributed by atoms with E-state index in [9.17, 15) is 42.1 Å². The Kier molecular flexibility index (Phi) is 20.0. The third-order valence-corrected chi connectivity index (χ3v) is 17.8. The number of hydrogen-bond acceptors (Lipinski definition) is 32. The number of rotatable bonds is 8. The van der Waals surface area contributed by atoms with Crippen LogP contribution in [0.1, 0.15) is 45.6 Å². The van der Waals surface area contributed by atoms with E-state index in [0.29, 0.717) is 45.6 Å². The van der Waals surface area contributed by atoms with Crippen LogP contribution in [0.25, 0.3) is 180 Å². The van der Waals surface area contributed by atoms with E-state index in [4.69, 9.17) is 39.9 Å². The van der Waals surface area contributed by atoms with Crippen molar-refractivity contribution in [3.8, 4) is 139 Å². The van der Waals surface area contributed by atoms with Gasteiger partial charge in [0.1, 0.15) is 48.6 Å². The van der Waals surface area contributed by atoms with Gasteiger partial charge in [0.2, 0.25) is 90.4 Å². The van der Waals surface area contributed by atoms with Crippen molar-refractivity contribution in [2.75, 3.05) is 0 Å². The lowest BCUT2D eigenvalue weighted by atomic mass is 10.0. The van der Waals surface area contributed by atoms with Gasteiger partial charge in [-0.15, -0.1) is 0 Å². The molecule has 0 N–H and O–H groups in total. The second-order valence-corrected chi connectivity index (χ2v) is 25.3. The normalized spacial score (nSPS) is 10.6. The highest BCUT2D eigenvalue weighted by molar-refractivity contribution is 5.91. The molecule has 120 heavy (non-hydrogen) atoms. The maximum Gasteiger partial charge on any atom is 0.201 e. The minimum atomic E-state index is -0.101. The van der Waals surface area contributed by atoms with Crippen molar-refractivity contribution >= 4 is 90.4 Å². The number of fused-ring (bicyclic) bond motifs is 8. The van der Waals surface area contributed by atoms with E-state index in [-0.39, 0.29) is 136 Å². The van der Waals surface area contributed by atoms with Gasteiger partial charge in [-0.25, -0.2) is 120 Å². The molecule has 12 aromatic heterocycles. The molecule has 0 amide bonds. The van der Waals surface area contributed by atoms with E-state index in [0.717, 1.165) is 44.5 Å². The SMILES string of the molecule is N#Cc1nc2nc3nc(-c4ccccc4)c(-c4ccccc4)nc3nc2nc1C#N.N#Cc1nc2nc3nc(-c4ccccc4)c(-c4ccccc4)nc3nc2nc1C#N.N#Cc1nc2nc3nc(-c4ccccc4)c(-c4ccccc4)nc3nc2nc1C#N.N#Cc1nc2nc3nc(-c4ccccc4)c(-c4ccccc4)nc3nc2nc1C#N. The third kappa shape index (κ3) is 14.8. The molecule has 8 aromatic carbocycles. The van der Waals surface area contributed by atoms with Gasteiger partial charge in [0.15, 0.2) is 45.6 Å². The first-order chi connectivity index (χ1) is 59.1. The van der Waals surface area contributed by atoms with Gasteiger partial charge < -0.3 is 0 Å². The molecule has 0 aliphatic carbocycles. The fourth-order valence-electron chi connectivity index (χ4n) is 12.3. The second kappa shape index (κ2) is 32.6. The standard InChI is InChI=1S/4C22H10N8/c4*23-11-15-16(12-24)26-20-19(25-15)29-21-22(30-20)28-18(14-9-5-2-6-10-14)17(27-21)13-7-3-1-4-8-13/h4*1-10H. The smallest absolute Gasteiger partial charge is 0.201 e. The zero-order valence-corrected chi connectivity index (χ0v) is 61.4. The third-order valence-electron chi connectivity index (χ3n) is 17.8. The number of nitriles is 8. The highest BCUT2D eigenvalue weighted by Crippen LogP contribution is 2.36. The number of nitrogens with zero attached hydrogens (tertiary/aromatic N) is 32. The zero-order chi connectivity index (χ0) is 82.0. The molecular formula is C88H40N32. The molecule has 552 valence electrons. The van der Waals surface area contributed by atoms with Crippen LogP contribution >= 0.6 is 0 Å². The Balaban J connectivity index is 0.000000114. The Morgan fingerprint density at radius 1 is 0.117 bits per heavy atom. The molecule has 12 heterocycles. The Labute approximate surface area is 675 Å². The van der Waals surface area contributed by atoms with Gasteiger partial charge in [-0.05, 0) is 0 Å². The first-order valence-electron chi connectivity index (χ1n) is 35.8. The van der Waals surface area contributed by atoms with Crippen molar-refractivity contribution in [1.29, 1.82) is 42.1 Å². The summed E-state index contributed by atoms with van der Waals surface area (Å²) in [5, 5.41) is 73.6. The van der Waals surface area contributed by atoms with Crippen molar-refractivity contribution in [1.82, 2.24) is 120 Å². The molecule has 0 unspecified atom stereocenters. The van der Waals surface area contributed by atoms with Gasteiger partial charge in [0.25, 0.3) is 0 Å². The molecule has 0 radical (unpaired) electrons. The molecule has 32 heteroatoms. The summed E-state index contributed by atoms with van der Waals surface area (Å²) in [4.78, 5) is 106. The number of benzene rings is 8. The summed E-state index contributed by atoms with van der Waals surface area (Å²) in [5.74, 6) is 0. The summed E-state index contributed by atoms with van der Waals surface area (Å²) in [7, 11) is 0. The molecule has 0 aliphatic heterocycles. The van der Waals surface area contributed by atoms with Gasteiger partial charge in [-0.1, -0.05) is 243 Å². The van der Waals surface area contributed by atoms with Crippen molar-refractivity contribution in [2.24, 2.45) is 0 Å². The predicted octanol–water partition coefficient (Wildman–Crippen LogP) is 13.8.